The fraction of sp³-hybridized carbons (Fsp3) is 0.520. The van der Waals surface area contributed by atoms with Gasteiger partial charge in [-0.1, -0.05) is 18.2 Å². The number of ether oxygens (including phenoxy) is 1. The Labute approximate surface area is 216 Å². The van der Waals surface area contributed by atoms with Gasteiger partial charge in [-0.2, -0.15) is 27.6 Å². The van der Waals surface area contributed by atoms with Crippen molar-refractivity contribution in [3.8, 4) is 0 Å². The van der Waals surface area contributed by atoms with Gasteiger partial charge in [-0.3, -0.25) is 14.5 Å². The molecule has 1 aliphatic heterocycles. The van der Waals surface area contributed by atoms with Crippen molar-refractivity contribution in [2.45, 2.75) is 56.9 Å². The largest absolute Gasteiger partial charge is 0.466 e. The lowest BCUT2D eigenvalue weighted by Crippen LogP contribution is -2.42. The predicted octanol–water partition coefficient (Wildman–Crippen LogP) is 4.29. The summed E-state index contributed by atoms with van der Waals surface area (Å²) in [6.45, 7) is 3.87. The molecule has 7 nitrogen and oxygen atoms in total. The number of halogens is 2. The molecule has 1 aliphatic carbocycles. The average Bonchev–Trinajstić information content (AvgIpc) is 3.58. The van der Waals surface area contributed by atoms with Gasteiger partial charge >= 0.3 is 5.97 Å². The molecule has 4 rings (SSSR count). The highest BCUT2D eigenvalue weighted by molar-refractivity contribution is 7.81. The Bertz CT molecular complexity index is 1060. The third kappa shape index (κ3) is 7.15. The number of thiol groups is 1. The van der Waals surface area contributed by atoms with E-state index in [0.29, 0.717) is 50.3 Å². The molecule has 0 amide bonds. The van der Waals surface area contributed by atoms with Crippen LogP contribution in [0.25, 0.3) is 6.08 Å². The number of aromatic nitrogens is 3. The Kier molecular flexibility index (Phi) is 9.89. The Hall–Kier alpha value is -2.23. The second-order valence-corrected chi connectivity index (χ2v) is 9.49. The molecule has 2 unspecified atom stereocenters. The van der Waals surface area contributed by atoms with Gasteiger partial charge in [0.1, 0.15) is 11.5 Å². The zero-order valence-corrected chi connectivity index (χ0v) is 21.5. The molecule has 2 fully saturated rings. The molecule has 1 saturated heterocycles. The Balaban J connectivity index is 0.00000342. The fourth-order valence-corrected chi connectivity index (χ4v) is 4.62. The van der Waals surface area contributed by atoms with Crippen LogP contribution in [0.1, 0.15) is 56.3 Å². The molecule has 2 aromatic rings. The Morgan fingerprint density at radius 1 is 1.29 bits per heavy atom. The van der Waals surface area contributed by atoms with E-state index in [1.165, 1.54) is 6.07 Å². The van der Waals surface area contributed by atoms with E-state index < -0.39 is 6.04 Å². The number of hydrogen-bond donors (Lipinski definition) is 1. The quantitative estimate of drug-likeness (QED) is 0.370. The molecule has 0 N–H and O–H groups in total. The van der Waals surface area contributed by atoms with E-state index in [4.69, 9.17) is 17.4 Å². The number of ketones is 1. The first kappa shape index (κ1) is 27.4. The molecule has 1 aromatic carbocycles. The summed E-state index contributed by atoms with van der Waals surface area (Å²) in [5.74, 6) is -0.428. The number of benzene rings is 1. The van der Waals surface area contributed by atoms with Crippen LogP contribution in [0, 0.1) is 11.7 Å². The fourth-order valence-electron chi connectivity index (χ4n) is 4.35. The van der Waals surface area contributed by atoms with Crippen LogP contribution in [0.3, 0.4) is 0 Å². The van der Waals surface area contributed by atoms with E-state index in [1.54, 1.807) is 36.1 Å². The third-order valence-electron chi connectivity index (χ3n) is 6.25. The van der Waals surface area contributed by atoms with Gasteiger partial charge in [-0.25, -0.2) is 4.39 Å². The highest BCUT2D eigenvalue weighted by atomic mass is 35.5. The number of hydrogen-bond acceptors (Lipinski definition) is 7. The first-order valence-electron chi connectivity index (χ1n) is 11.9. The van der Waals surface area contributed by atoms with E-state index in [2.05, 4.69) is 15.1 Å². The van der Waals surface area contributed by atoms with Gasteiger partial charge in [0.15, 0.2) is 5.78 Å². The SMILES string of the molecule is CCOC(=O)CCCn1ncc(/C=C2/CN(C(C(=O)C3CC3)c3ccccc3F)CCC2S)n1.Cl. The van der Waals surface area contributed by atoms with Crippen molar-refractivity contribution in [2.24, 2.45) is 5.92 Å². The number of carbonyl (C=O) groups excluding carboxylic acids is 2. The minimum Gasteiger partial charge on any atom is -0.466 e. The van der Waals surface area contributed by atoms with E-state index in [9.17, 15) is 14.0 Å². The number of rotatable bonds is 10. The lowest BCUT2D eigenvalue weighted by molar-refractivity contribution is -0.143. The van der Waals surface area contributed by atoms with Crippen molar-refractivity contribution in [1.29, 1.82) is 0 Å². The van der Waals surface area contributed by atoms with Crippen LogP contribution in [0.15, 0.2) is 36.0 Å². The highest BCUT2D eigenvalue weighted by Gasteiger charge is 2.40. The van der Waals surface area contributed by atoms with Crippen molar-refractivity contribution in [3.05, 3.63) is 53.1 Å². The summed E-state index contributed by atoms with van der Waals surface area (Å²) < 4.78 is 19.6. The van der Waals surface area contributed by atoms with E-state index in [0.717, 1.165) is 24.8 Å². The van der Waals surface area contributed by atoms with Crippen molar-refractivity contribution in [3.63, 3.8) is 0 Å². The smallest absolute Gasteiger partial charge is 0.305 e. The number of esters is 1. The molecular formula is C25H32ClFN4O3S. The molecule has 2 heterocycles. The first-order chi connectivity index (χ1) is 16.5. The van der Waals surface area contributed by atoms with Crippen LogP contribution in [0.2, 0.25) is 0 Å². The summed E-state index contributed by atoms with van der Waals surface area (Å²) in [5, 5.41) is 8.81. The minimum atomic E-state index is -0.587. The summed E-state index contributed by atoms with van der Waals surface area (Å²) in [6.07, 6.45) is 7.08. The molecule has 1 aromatic heterocycles. The molecule has 190 valence electrons. The molecule has 1 saturated carbocycles. The molecule has 2 aliphatic rings. The van der Waals surface area contributed by atoms with Crippen LogP contribution >= 0.6 is 25.0 Å². The monoisotopic (exact) mass is 522 g/mol. The van der Waals surface area contributed by atoms with E-state index >= 15 is 0 Å². The number of aryl methyl sites for hydroxylation is 1. The van der Waals surface area contributed by atoms with E-state index in [1.807, 2.05) is 6.08 Å². The second kappa shape index (κ2) is 12.6. The van der Waals surface area contributed by atoms with Crippen LogP contribution in [-0.4, -0.2) is 56.6 Å². The number of likely N-dealkylation sites (tertiary alicyclic amines) is 1. The van der Waals surface area contributed by atoms with Crippen molar-refractivity contribution in [2.75, 3.05) is 19.7 Å². The van der Waals surface area contributed by atoms with Gasteiger partial charge in [0, 0.05) is 36.2 Å². The van der Waals surface area contributed by atoms with Gasteiger partial charge < -0.3 is 4.74 Å². The number of piperidine rings is 1. The van der Waals surface area contributed by atoms with Crippen LogP contribution in [-0.2, 0) is 20.9 Å². The number of nitrogens with zero attached hydrogens (tertiary/aromatic N) is 4. The normalized spacial score (nSPS) is 20.3. The summed E-state index contributed by atoms with van der Waals surface area (Å²) in [5.41, 5.74) is 2.17. The van der Waals surface area contributed by atoms with Crippen LogP contribution in [0.5, 0.6) is 0 Å². The zero-order chi connectivity index (χ0) is 24.1. The van der Waals surface area contributed by atoms with Crippen LogP contribution in [0.4, 0.5) is 4.39 Å². The second-order valence-electron chi connectivity index (χ2n) is 8.87. The van der Waals surface area contributed by atoms with E-state index in [-0.39, 0.29) is 41.1 Å². The topological polar surface area (TPSA) is 77.3 Å². The van der Waals surface area contributed by atoms with Gasteiger partial charge in [0.25, 0.3) is 0 Å². The molecule has 0 spiro atoms. The Morgan fingerprint density at radius 2 is 2.06 bits per heavy atom. The molecule has 2 atom stereocenters. The van der Waals surface area contributed by atoms with Gasteiger partial charge in [-0.15, -0.1) is 12.4 Å². The first-order valence-corrected chi connectivity index (χ1v) is 12.4. The van der Waals surface area contributed by atoms with Crippen LogP contribution < -0.4 is 0 Å². The molecular weight excluding hydrogens is 491 g/mol. The molecule has 35 heavy (non-hydrogen) atoms. The molecule has 10 heteroatoms. The zero-order valence-electron chi connectivity index (χ0n) is 19.8. The predicted molar refractivity (Wildman–Crippen MR) is 137 cm³/mol. The number of Topliss-reactive ketones (excluding diaryl/α,β-unsaturated/α-hetero) is 1. The Morgan fingerprint density at radius 3 is 2.77 bits per heavy atom. The maximum absolute atomic E-state index is 14.7. The van der Waals surface area contributed by atoms with Gasteiger partial charge in [0.05, 0.1) is 25.4 Å². The summed E-state index contributed by atoms with van der Waals surface area (Å²) in [7, 11) is 0. The summed E-state index contributed by atoms with van der Waals surface area (Å²) >= 11 is 4.75. The minimum absolute atomic E-state index is 0. The molecule has 0 radical (unpaired) electrons. The summed E-state index contributed by atoms with van der Waals surface area (Å²) in [6, 6.07) is 5.99. The number of carbonyl (C=O) groups is 2. The maximum Gasteiger partial charge on any atom is 0.305 e. The van der Waals surface area contributed by atoms with Gasteiger partial charge in [-0.05, 0) is 50.3 Å². The lowest BCUT2D eigenvalue weighted by Gasteiger charge is -2.37. The standard InChI is InChI=1S/C25H31FN4O3S.ClH/c1-2-33-23(31)8-5-12-30-27-15-19(28-30)14-18-16-29(13-11-22(18)34)24(25(32)17-9-10-17)20-6-3-4-7-21(20)26;/h3-4,6-7,14-15,17,22,24,34H,2,5,8-13,16H2,1H3;1H/b18-14-;. The molecule has 0 bridgehead atoms. The van der Waals surface area contributed by atoms with Crippen molar-refractivity contribution < 1.29 is 18.7 Å². The highest BCUT2D eigenvalue weighted by Crippen LogP contribution is 2.39. The summed E-state index contributed by atoms with van der Waals surface area (Å²) in [4.78, 5) is 28.3. The van der Waals surface area contributed by atoms with Gasteiger partial charge in [0.2, 0.25) is 0 Å². The van der Waals surface area contributed by atoms with Crippen molar-refractivity contribution in [1.82, 2.24) is 19.9 Å². The maximum atomic E-state index is 14.7. The third-order valence-corrected chi connectivity index (χ3v) is 6.84. The lowest BCUT2D eigenvalue weighted by atomic mass is 9.93. The van der Waals surface area contributed by atoms with Crippen molar-refractivity contribution >= 4 is 42.9 Å². The average molecular weight is 523 g/mol.